The molecule has 1 aromatic carbocycles. The standard InChI is InChI=1S/C17H18N4OS/c22-17(21-23-15-8-3-9-18-20-15)19-16-13-6-1-4-11(13)10-12-5-2-7-14(12)16/h3,8-10H,1-2,4-7H2,(H2,19,21,22). The molecular weight excluding hydrogens is 308 g/mol. The number of hydrogen-bond acceptors (Lipinski definition) is 4. The topological polar surface area (TPSA) is 66.9 Å². The Morgan fingerprint density at radius 3 is 2.48 bits per heavy atom. The van der Waals surface area contributed by atoms with Crippen molar-refractivity contribution < 1.29 is 4.79 Å². The van der Waals surface area contributed by atoms with Gasteiger partial charge in [0, 0.05) is 23.8 Å². The highest BCUT2D eigenvalue weighted by Crippen LogP contribution is 2.38. The highest BCUT2D eigenvalue weighted by molar-refractivity contribution is 7.97. The lowest BCUT2D eigenvalue weighted by atomic mass is 9.99. The monoisotopic (exact) mass is 326 g/mol. The van der Waals surface area contributed by atoms with Crippen LogP contribution in [0.2, 0.25) is 0 Å². The Morgan fingerprint density at radius 2 is 1.83 bits per heavy atom. The number of hydrogen-bond donors (Lipinski definition) is 2. The maximum absolute atomic E-state index is 12.3. The molecule has 118 valence electrons. The molecule has 2 amide bonds. The van der Waals surface area contributed by atoms with Crippen molar-refractivity contribution in [1.82, 2.24) is 14.9 Å². The first kappa shape index (κ1) is 14.5. The zero-order chi connectivity index (χ0) is 15.6. The van der Waals surface area contributed by atoms with Crippen LogP contribution in [0.15, 0.2) is 29.4 Å². The summed E-state index contributed by atoms with van der Waals surface area (Å²) in [6.07, 6.45) is 8.37. The molecular formula is C17H18N4OS. The number of rotatable bonds is 3. The van der Waals surface area contributed by atoms with E-state index in [1.165, 1.54) is 47.0 Å². The fourth-order valence-electron chi connectivity index (χ4n) is 3.55. The highest BCUT2D eigenvalue weighted by Gasteiger charge is 2.24. The summed E-state index contributed by atoms with van der Waals surface area (Å²) < 4.78 is 2.79. The van der Waals surface area contributed by atoms with Crippen LogP contribution in [0.4, 0.5) is 10.5 Å². The Bertz CT molecular complexity index is 716. The maximum Gasteiger partial charge on any atom is 0.329 e. The zero-order valence-electron chi connectivity index (χ0n) is 12.8. The van der Waals surface area contributed by atoms with E-state index in [9.17, 15) is 4.79 Å². The molecule has 0 unspecified atom stereocenters. The Balaban J connectivity index is 1.51. The van der Waals surface area contributed by atoms with Gasteiger partial charge in [0.25, 0.3) is 0 Å². The van der Waals surface area contributed by atoms with E-state index in [2.05, 4.69) is 26.3 Å². The summed E-state index contributed by atoms with van der Waals surface area (Å²) in [5.41, 5.74) is 6.57. The molecule has 0 aliphatic heterocycles. The number of fused-ring (bicyclic) bond motifs is 2. The van der Waals surface area contributed by atoms with Crippen molar-refractivity contribution >= 4 is 23.7 Å². The predicted molar refractivity (Wildman–Crippen MR) is 90.5 cm³/mol. The predicted octanol–water partition coefficient (Wildman–Crippen LogP) is 3.28. The molecule has 23 heavy (non-hydrogen) atoms. The molecule has 4 rings (SSSR count). The quantitative estimate of drug-likeness (QED) is 0.850. The number of aryl methyl sites for hydroxylation is 2. The molecule has 6 heteroatoms. The molecule has 0 saturated carbocycles. The third kappa shape index (κ3) is 2.91. The first-order valence-corrected chi connectivity index (χ1v) is 8.81. The fraction of sp³-hybridized carbons (Fsp3) is 0.353. The van der Waals surface area contributed by atoms with Gasteiger partial charge in [-0.2, -0.15) is 5.10 Å². The number of benzene rings is 1. The van der Waals surface area contributed by atoms with Gasteiger partial charge >= 0.3 is 6.03 Å². The molecule has 1 aromatic heterocycles. The minimum absolute atomic E-state index is 0.199. The van der Waals surface area contributed by atoms with Crippen molar-refractivity contribution in [3.8, 4) is 0 Å². The van der Waals surface area contributed by atoms with Gasteiger partial charge in [-0.05, 0) is 72.9 Å². The van der Waals surface area contributed by atoms with E-state index in [-0.39, 0.29) is 6.03 Å². The Kier molecular flexibility index (Phi) is 3.91. The van der Waals surface area contributed by atoms with Gasteiger partial charge in [-0.1, -0.05) is 6.07 Å². The summed E-state index contributed by atoms with van der Waals surface area (Å²) in [6.45, 7) is 0. The molecule has 0 saturated heterocycles. The SMILES string of the molecule is O=C(NSc1cccnn1)Nc1c2c(cc3c1CCC3)CCC2. The van der Waals surface area contributed by atoms with Crippen LogP contribution < -0.4 is 10.0 Å². The van der Waals surface area contributed by atoms with E-state index in [1.54, 1.807) is 12.3 Å². The van der Waals surface area contributed by atoms with Crippen LogP contribution in [0.25, 0.3) is 0 Å². The van der Waals surface area contributed by atoms with Gasteiger partial charge in [0.15, 0.2) is 0 Å². The van der Waals surface area contributed by atoms with Gasteiger partial charge in [-0.25, -0.2) is 4.79 Å². The number of urea groups is 1. The van der Waals surface area contributed by atoms with Crippen molar-refractivity contribution in [2.75, 3.05) is 5.32 Å². The average molecular weight is 326 g/mol. The second kappa shape index (κ2) is 6.20. The molecule has 0 atom stereocenters. The lowest BCUT2D eigenvalue weighted by Crippen LogP contribution is -2.24. The van der Waals surface area contributed by atoms with Crippen LogP contribution >= 0.6 is 11.9 Å². The molecule has 2 aromatic rings. The summed E-state index contributed by atoms with van der Waals surface area (Å²) in [5, 5.41) is 11.5. The smallest absolute Gasteiger partial charge is 0.307 e. The van der Waals surface area contributed by atoms with Gasteiger partial charge in [0.2, 0.25) is 0 Å². The second-order valence-electron chi connectivity index (χ2n) is 5.95. The van der Waals surface area contributed by atoms with Gasteiger partial charge in [-0.15, -0.1) is 5.10 Å². The number of aromatic nitrogens is 2. The van der Waals surface area contributed by atoms with Gasteiger partial charge < -0.3 is 5.32 Å². The number of nitrogens with one attached hydrogen (secondary N) is 2. The van der Waals surface area contributed by atoms with Crippen molar-refractivity contribution in [1.29, 1.82) is 0 Å². The van der Waals surface area contributed by atoms with Crippen LogP contribution in [0, 0.1) is 0 Å². The molecule has 2 aliphatic rings. The molecule has 0 radical (unpaired) electrons. The summed E-state index contributed by atoms with van der Waals surface area (Å²) in [4.78, 5) is 12.3. The lowest BCUT2D eigenvalue weighted by molar-refractivity contribution is 0.257. The van der Waals surface area contributed by atoms with Gasteiger partial charge in [-0.3, -0.25) is 4.72 Å². The number of anilines is 1. The van der Waals surface area contributed by atoms with E-state index in [1.807, 2.05) is 6.07 Å². The van der Waals surface area contributed by atoms with Crippen LogP contribution in [0.1, 0.15) is 35.1 Å². The number of amides is 2. The molecule has 0 spiro atoms. The van der Waals surface area contributed by atoms with Crippen LogP contribution in [-0.4, -0.2) is 16.2 Å². The summed E-state index contributed by atoms with van der Waals surface area (Å²) in [6, 6.07) is 5.78. The summed E-state index contributed by atoms with van der Waals surface area (Å²) >= 11 is 1.18. The molecule has 1 heterocycles. The molecule has 2 N–H and O–H groups in total. The van der Waals surface area contributed by atoms with Crippen LogP contribution in [0.5, 0.6) is 0 Å². The molecule has 0 bridgehead atoms. The molecule has 0 fully saturated rings. The van der Waals surface area contributed by atoms with Crippen molar-refractivity contribution in [2.45, 2.75) is 43.6 Å². The van der Waals surface area contributed by atoms with E-state index < -0.39 is 0 Å². The van der Waals surface area contributed by atoms with Crippen LogP contribution in [-0.2, 0) is 25.7 Å². The minimum Gasteiger partial charge on any atom is -0.307 e. The second-order valence-corrected chi connectivity index (χ2v) is 6.78. The minimum atomic E-state index is -0.199. The summed E-state index contributed by atoms with van der Waals surface area (Å²) in [7, 11) is 0. The van der Waals surface area contributed by atoms with E-state index >= 15 is 0 Å². The normalized spacial score (nSPS) is 15.1. The zero-order valence-corrected chi connectivity index (χ0v) is 13.6. The van der Waals surface area contributed by atoms with E-state index in [4.69, 9.17) is 0 Å². The number of carbonyl (C=O) groups excluding carboxylic acids is 1. The van der Waals surface area contributed by atoms with Gasteiger partial charge in [0.05, 0.1) is 0 Å². The highest BCUT2D eigenvalue weighted by atomic mass is 32.2. The van der Waals surface area contributed by atoms with Crippen LogP contribution in [0.3, 0.4) is 0 Å². The third-order valence-electron chi connectivity index (χ3n) is 4.51. The van der Waals surface area contributed by atoms with Gasteiger partial charge in [0.1, 0.15) is 5.03 Å². The lowest BCUT2D eigenvalue weighted by Gasteiger charge is -2.16. The Hall–Kier alpha value is -2.08. The maximum atomic E-state index is 12.3. The van der Waals surface area contributed by atoms with E-state index in [0.717, 1.165) is 31.4 Å². The summed E-state index contributed by atoms with van der Waals surface area (Å²) in [5.74, 6) is 0. The van der Waals surface area contributed by atoms with Crippen molar-refractivity contribution in [3.05, 3.63) is 46.6 Å². The van der Waals surface area contributed by atoms with E-state index in [0.29, 0.717) is 5.03 Å². The average Bonchev–Trinajstić information content (AvgIpc) is 3.22. The Morgan fingerprint density at radius 1 is 1.09 bits per heavy atom. The molecule has 5 nitrogen and oxygen atoms in total. The fourth-order valence-corrected chi connectivity index (χ4v) is 4.03. The number of nitrogens with zero attached hydrogens (tertiary/aromatic N) is 2. The Labute approximate surface area is 139 Å². The first-order valence-electron chi connectivity index (χ1n) is 7.99. The number of carbonyl (C=O) groups is 1. The van der Waals surface area contributed by atoms with Crippen molar-refractivity contribution in [3.63, 3.8) is 0 Å². The van der Waals surface area contributed by atoms with Crippen molar-refractivity contribution in [2.24, 2.45) is 0 Å². The molecule has 2 aliphatic carbocycles. The largest absolute Gasteiger partial charge is 0.329 e. The third-order valence-corrected chi connectivity index (χ3v) is 5.22. The first-order chi connectivity index (χ1) is 11.3.